The number of nitrogens with zero attached hydrogens (tertiary/aromatic N) is 2. The molecule has 1 fully saturated rings. The van der Waals surface area contributed by atoms with E-state index in [4.69, 9.17) is 4.74 Å². The average molecular weight is 431 g/mol. The van der Waals surface area contributed by atoms with Gasteiger partial charge >= 0.3 is 5.97 Å². The summed E-state index contributed by atoms with van der Waals surface area (Å²) in [5, 5.41) is 0. The Morgan fingerprint density at radius 2 is 1.60 bits per heavy atom. The molecule has 0 bridgehead atoms. The fourth-order valence-electron chi connectivity index (χ4n) is 3.42. The SMILES string of the molecule is CCN(c1ccccc1)S(=O)(=O)c1ccc(C(=O)OCC(=O)N2CCCCC2)cc1. The highest BCUT2D eigenvalue weighted by molar-refractivity contribution is 7.92. The van der Waals surface area contributed by atoms with Crippen LogP contribution in [0.4, 0.5) is 5.69 Å². The predicted octanol–water partition coefficient (Wildman–Crippen LogP) is 3.07. The van der Waals surface area contributed by atoms with Gasteiger partial charge in [-0.25, -0.2) is 13.2 Å². The lowest BCUT2D eigenvalue weighted by Crippen LogP contribution is -2.38. The van der Waals surface area contributed by atoms with Gasteiger partial charge in [0.15, 0.2) is 6.61 Å². The first-order valence-electron chi connectivity index (χ1n) is 10.1. The molecule has 0 unspecified atom stereocenters. The van der Waals surface area contributed by atoms with Crippen LogP contribution in [0.3, 0.4) is 0 Å². The Balaban J connectivity index is 1.66. The van der Waals surface area contributed by atoms with Crippen LogP contribution in [-0.2, 0) is 19.6 Å². The highest BCUT2D eigenvalue weighted by Crippen LogP contribution is 2.23. The molecule has 0 N–H and O–H groups in total. The maximum Gasteiger partial charge on any atom is 0.338 e. The van der Waals surface area contributed by atoms with Crippen LogP contribution in [0.5, 0.6) is 0 Å². The van der Waals surface area contributed by atoms with Crippen molar-refractivity contribution >= 4 is 27.6 Å². The predicted molar refractivity (Wildman–Crippen MR) is 114 cm³/mol. The van der Waals surface area contributed by atoms with Gasteiger partial charge in [-0.3, -0.25) is 9.10 Å². The molecule has 30 heavy (non-hydrogen) atoms. The lowest BCUT2D eigenvalue weighted by Gasteiger charge is -2.26. The summed E-state index contributed by atoms with van der Waals surface area (Å²) in [5.41, 5.74) is 0.767. The number of hydrogen-bond donors (Lipinski definition) is 0. The number of hydrogen-bond acceptors (Lipinski definition) is 5. The smallest absolute Gasteiger partial charge is 0.338 e. The Bertz CT molecular complexity index is 968. The van der Waals surface area contributed by atoms with E-state index in [2.05, 4.69) is 0 Å². The molecule has 2 aromatic carbocycles. The van der Waals surface area contributed by atoms with E-state index in [9.17, 15) is 18.0 Å². The number of amides is 1. The maximum absolute atomic E-state index is 13.0. The molecule has 7 nitrogen and oxygen atoms in total. The molecular formula is C22H26N2O5S. The molecule has 1 aliphatic rings. The highest BCUT2D eigenvalue weighted by atomic mass is 32.2. The largest absolute Gasteiger partial charge is 0.452 e. The van der Waals surface area contributed by atoms with Gasteiger partial charge in [-0.1, -0.05) is 18.2 Å². The molecule has 3 rings (SSSR count). The van der Waals surface area contributed by atoms with Crippen molar-refractivity contribution in [1.82, 2.24) is 4.90 Å². The van der Waals surface area contributed by atoms with Crippen molar-refractivity contribution in [2.75, 3.05) is 30.5 Å². The Hall–Kier alpha value is -2.87. The number of anilines is 1. The minimum atomic E-state index is -3.77. The summed E-state index contributed by atoms with van der Waals surface area (Å²) in [4.78, 5) is 26.2. The van der Waals surface area contributed by atoms with Gasteiger partial charge in [-0.05, 0) is 62.6 Å². The third-order valence-electron chi connectivity index (χ3n) is 5.04. The third kappa shape index (κ3) is 4.99. The van der Waals surface area contributed by atoms with Crippen LogP contribution in [-0.4, -0.2) is 51.4 Å². The van der Waals surface area contributed by atoms with Crippen molar-refractivity contribution in [2.24, 2.45) is 0 Å². The fourth-order valence-corrected chi connectivity index (χ4v) is 4.89. The Labute approximate surface area is 177 Å². The Morgan fingerprint density at radius 1 is 0.967 bits per heavy atom. The van der Waals surface area contributed by atoms with E-state index in [-0.39, 0.29) is 29.5 Å². The number of carbonyl (C=O) groups is 2. The molecule has 0 aromatic heterocycles. The van der Waals surface area contributed by atoms with E-state index in [1.165, 1.54) is 28.6 Å². The van der Waals surface area contributed by atoms with Gasteiger partial charge in [0.2, 0.25) is 0 Å². The molecule has 2 aromatic rings. The van der Waals surface area contributed by atoms with Crippen molar-refractivity contribution in [3.63, 3.8) is 0 Å². The molecule has 8 heteroatoms. The van der Waals surface area contributed by atoms with Gasteiger partial charge < -0.3 is 9.64 Å². The third-order valence-corrected chi connectivity index (χ3v) is 6.96. The van der Waals surface area contributed by atoms with Crippen LogP contribution in [0, 0.1) is 0 Å². The summed E-state index contributed by atoms with van der Waals surface area (Å²) in [7, 11) is -3.77. The zero-order valence-corrected chi connectivity index (χ0v) is 17.8. The van der Waals surface area contributed by atoms with Gasteiger partial charge in [-0.2, -0.15) is 0 Å². The van der Waals surface area contributed by atoms with Crippen molar-refractivity contribution in [3.05, 3.63) is 60.2 Å². The quantitative estimate of drug-likeness (QED) is 0.631. The molecule has 0 atom stereocenters. The highest BCUT2D eigenvalue weighted by Gasteiger charge is 2.24. The second kappa shape index (κ2) is 9.75. The maximum atomic E-state index is 13.0. The molecule has 1 amide bonds. The molecule has 0 aliphatic carbocycles. The van der Waals surface area contributed by atoms with Crippen LogP contribution in [0.15, 0.2) is 59.5 Å². The standard InChI is InChI=1S/C22H26N2O5S/c1-2-24(19-9-5-3-6-10-19)30(27,28)20-13-11-18(12-14-20)22(26)29-17-21(25)23-15-7-4-8-16-23/h3,5-6,9-14H,2,4,7-8,15-17H2,1H3. The summed E-state index contributed by atoms with van der Waals surface area (Å²) in [5.74, 6) is -0.858. The zero-order valence-electron chi connectivity index (χ0n) is 17.0. The summed E-state index contributed by atoms with van der Waals surface area (Å²) in [6, 6.07) is 14.4. The summed E-state index contributed by atoms with van der Waals surface area (Å²) in [6.07, 6.45) is 3.04. The number of carbonyl (C=O) groups excluding carboxylic acids is 2. The Morgan fingerprint density at radius 3 is 2.20 bits per heavy atom. The van der Waals surface area contributed by atoms with E-state index in [1.807, 2.05) is 6.07 Å². The summed E-state index contributed by atoms with van der Waals surface area (Å²) in [6.45, 7) is 3.11. The molecule has 1 aliphatic heterocycles. The second-order valence-electron chi connectivity index (χ2n) is 7.05. The summed E-state index contributed by atoms with van der Waals surface area (Å²) < 4.78 is 32.4. The molecular weight excluding hydrogens is 404 g/mol. The van der Waals surface area contributed by atoms with Crippen LogP contribution in [0.25, 0.3) is 0 Å². The number of benzene rings is 2. The molecule has 0 radical (unpaired) electrons. The molecule has 0 spiro atoms. The first-order chi connectivity index (χ1) is 14.4. The van der Waals surface area contributed by atoms with Gasteiger partial charge in [-0.15, -0.1) is 0 Å². The van der Waals surface area contributed by atoms with E-state index in [0.29, 0.717) is 18.8 Å². The van der Waals surface area contributed by atoms with Gasteiger partial charge in [0.25, 0.3) is 15.9 Å². The second-order valence-corrected chi connectivity index (χ2v) is 8.91. The van der Waals surface area contributed by atoms with Gasteiger partial charge in [0.05, 0.1) is 16.1 Å². The molecule has 0 saturated carbocycles. The number of rotatable bonds is 7. The number of sulfonamides is 1. The number of ether oxygens (including phenoxy) is 1. The molecule has 1 saturated heterocycles. The normalized spacial score (nSPS) is 14.2. The first kappa shape index (κ1) is 21.8. The number of para-hydroxylation sites is 1. The first-order valence-corrected chi connectivity index (χ1v) is 11.5. The van der Waals surface area contributed by atoms with E-state index in [0.717, 1.165) is 19.3 Å². The average Bonchev–Trinajstić information content (AvgIpc) is 2.79. The van der Waals surface area contributed by atoms with Gasteiger partial charge in [0, 0.05) is 19.6 Å². The molecule has 160 valence electrons. The van der Waals surface area contributed by atoms with E-state index in [1.54, 1.807) is 36.1 Å². The lowest BCUT2D eigenvalue weighted by molar-refractivity contribution is -0.135. The van der Waals surface area contributed by atoms with Crippen molar-refractivity contribution in [1.29, 1.82) is 0 Å². The number of piperidine rings is 1. The van der Waals surface area contributed by atoms with Crippen molar-refractivity contribution in [2.45, 2.75) is 31.1 Å². The van der Waals surface area contributed by atoms with Crippen LogP contribution >= 0.6 is 0 Å². The van der Waals surface area contributed by atoms with E-state index >= 15 is 0 Å². The minimum Gasteiger partial charge on any atom is -0.452 e. The number of likely N-dealkylation sites (tertiary alicyclic amines) is 1. The molecule has 1 heterocycles. The zero-order chi connectivity index (χ0) is 21.6. The fraction of sp³-hybridized carbons (Fsp3) is 0.364. The van der Waals surface area contributed by atoms with Crippen LogP contribution in [0.1, 0.15) is 36.5 Å². The van der Waals surface area contributed by atoms with E-state index < -0.39 is 16.0 Å². The lowest BCUT2D eigenvalue weighted by atomic mass is 10.1. The monoisotopic (exact) mass is 430 g/mol. The van der Waals surface area contributed by atoms with Gasteiger partial charge in [0.1, 0.15) is 0 Å². The topological polar surface area (TPSA) is 84.0 Å². The van der Waals surface area contributed by atoms with Crippen LogP contribution < -0.4 is 4.31 Å². The van der Waals surface area contributed by atoms with Crippen molar-refractivity contribution < 1.29 is 22.7 Å². The van der Waals surface area contributed by atoms with Crippen molar-refractivity contribution in [3.8, 4) is 0 Å². The summed E-state index contributed by atoms with van der Waals surface area (Å²) >= 11 is 0. The minimum absolute atomic E-state index is 0.0779. The van der Waals surface area contributed by atoms with Crippen LogP contribution in [0.2, 0.25) is 0 Å². The number of esters is 1. The Kier molecular flexibility index (Phi) is 7.10.